The summed E-state index contributed by atoms with van der Waals surface area (Å²) in [5.41, 5.74) is 0.458. The monoisotopic (exact) mass is 235 g/mol. The van der Waals surface area contributed by atoms with E-state index in [0.29, 0.717) is 18.0 Å². The second-order valence-corrected chi connectivity index (χ2v) is 3.60. The smallest absolute Gasteiger partial charge is 0.188 e. The van der Waals surface area contributed by atoms with E-state index in [-0.39, 0.29) is 5.82 Å². The molecule has 17 heavy (non-hydrogen) atoms. The molecule has 0 amide bonds. The maximum Gasteiger partial charge on any atom is 0.188 e. The van der Waals surface area contributed by atoms with Crippen LogP contribution in [0.5, 0.6) is 5.75 Å². The number of hydrogen-bond donors (Lipinski definition) is 1. The summed E-state index contributed by atoms with van der Waals surface area (Å²) in [4.78, 5) is 0. The summed E-state index contributed by atoms with van der Waals surface area (Å²) in [7, 11) is 1.69. The van der Waals surface area contributed by atoms with Crippen LogP contribution >= 0.6 is 0 Å². The first-order valence-electron chi connectivity index (χ1n) is 5.78. The fourth-order valence-electron chi connectivity index (χ4n) is 1.44. The molecule has 1 N–H and O–H groups in total. The largest absolute Gasteiger partial charge is 0.490 e. The Morgan fingerprint density at radius 2 is 2.18 bits per heavy atom. The molecule has 0 bridgehead atoms. The Morgan fingerprint density at radius 3 is 2.88 bits per heavy atom. The summed E-state index contributed by atoms with van der Waals surface area (Å²) in [6, 6.07) is 5.09. The quantitative estimate of drug-likeness (QED) is 0.602. The number of hydrogen-bond acceptors (Lipinski definition) is 2. The summed E-state index contributed by atoms with van der Waals surface area (Å²) < 4.78 is 19.1. The van der Waals surface area contributed by atoms with E-state index in [1.807, 2.05) is 6.92 Å². The topological polar surface area (TPSA) is 21.3 Å². The van der Waals surface area contributed by atoms with Gasteiger partial charge in [0.05, 0.1) is 12.3 Å². The van der Waals surface area contributed by atoms with Gasteiger partial charge in [0.15, 0.2) is 11.6 Å². The van der Waals surface area contributed by atoms with Crippen molar-refractivity contribution < 1.29 is 9.13 Å². The Kier molecular flexibility index (Phi) is 5.95. The Morgan fingerprint density at radius 1 is 1.35 bits per heavy atom. The molecule has 0 fully saturated rings. The first-order chi connectivity index (χ1) is 8.29. The number of benzene rings is 1. The Hall–Kier alpha value is -1.69. The van der Waals surface area contributed by atoms with E-state index in [2.05, 4.69) is 17.2 Å². The molecule has 0 aromatic heterocycles. The molecule has 3 heteroatoms. The first kappa shape index (κ1) is 13.4. The van der Waals surface area contributed by atoms with Crippen molar-refractivity contribution in [3.05, 3.63) is 24.0 Å². The van der Waals surface area contributed by atoms with E-state index in [1.165, 1.54) is 0 Å². The van der Waals surface area contributed by atoms with Gasteiger partial charge in [0.25, 0.3) is 0 Å². The number of nitrogens with one attached hydrogen (secondary N) is 1. The minimum atomic E-state index is -0.330. The lowest BCUT2D eigenvalue weighted by molar-refractivity contribution is 0.293. The van der Waals surface area contributed by atoms with Crippen molar-refractivity contribution in [3.63, 3.8) is 0 Å². The molecular weight excluding hydrogens is 217 g/mol. The maximum atomic E-state index is 13.7. The third-order valence-corrected chi connectivity index (χ3v) is 2.36. The summed E-state index contributed by atoms with van der Waals surface area (Å²) in [5.74, 6) is 5.80. The lowest BCUT2D eigenvalue weighted by Crippen LogP contribution is -2.01. The average Bonchev–Trinajstić information content (AvgIpc) is 2.35. The van der Waals surface area contributed by atoms with Crippen LogP contribution in [0.4, 0.5) is 10.1 Å². The highest BCUT2D eigenvalue weighted by molar-refractivity contribution is 5.49. The third kappa shape index (κ3) is 4.36. The van der Waals surface area contributed by atoms with Crippen LogP contribution in [-0.4, -0.2) is 13.7 Å². The molecule has 0 atom stereocenters. The van der Waals surface area contributed by atoms with Crippen LogP contribution in [0.25, 0.3) is 0 Å². The SMILES string of the molecule is CC#CCCCCOc1cccc(NC)c1F. The number of halogens is 1. The van der Waals surface area contributed by atoms with Gasteiger partial charge in [-0.25, -0.2) is 4.39 Å². The van der Waals surface area contributed by atoms with Gasteiger partial charge in [-0.3, -0.25) is 0 Å². The van der Waals surface area contributed by atoms with Crippen LogP contribution in [-0.2, 0) is 0 Å². The van der Waals surface area contributed by atoms with Crippen molar-refractivity contribution in [1.82, 2.24) is 0 Å². The fourth-order valence-corrected chi connectivity index (χ4v) is 1.44. The van der Waals surface area contributed by atoms with Crippen LogP contribution < -0.4 is 10.1 Å². The van der Waals surface area contributed by atoms with Crippen molar-refractivity contribution in [1.29, 1.82) is 0 Å². The summed E-state index contributed by atoms with van der Waals surface area (Å²) in [6.45, 7) is 2.35. The van der Waals surface area contributed by atoms with Gasteiger partial charge in [-0.05, 0) is 31.9 Å². The molecule has 0 saturated carbocycles. The normalized spacial score (nSPS) is 9.35. The van der Waals surface area contributed by atoms with Crippen molar-refractivity contribution in [2.24, 2.45) is 0 Å². The van der Waals surface area contributed by atoms with Gasteiger partial charge < -0.3 is 10.1 Å². The molecule has 1 rings (SSSR count). The highest BCUT2D eigenvalue weighted by Gasteiger charge is 2.06. The predicted molar refractivity (Wildman–Crippen MR) is 68.7 cm³/mol. The van der Waals surface area contributed by atoms with Gasteiger partial charge in [0.1, 0.15) is 0 Å². The molecule has 0 aliphatic rings. The molecule has 0 aliphatic carbocycles. The van der Waals surface area contributed by atoms with Crippen LogP contribution in [0.2, 0.25) is 0 Å². The van der Waals surface area contributed by atoms with E-state index in [4.69, 9.17) is 4.74 Å². The molecule has 0 unspecified atom stereocenters. The van der Waals surface area contributed by atoms with Gasteiger partial charge in [0.2, 0.25) is 0 Å². The molecular formula is C14H18FNO. The van der Waals surface area contributed by atoms with Crippen molar-refractivity contribution in [2.45, 2.75) is 26.2 Å². The molecule has 92 valence electrons. The van der Waals surface area contributed by atoms with E-state index in [1.54, 1.807) is 25.2 Å². The van der Waals surface area contributed by atoms with E-state index in [0.717, 1.165) is 19.3 Å². The third-order valence-electron chi connectivity index (χ3n) is 2.36. The van der Waals surface area contributed by atoms with Gasteiger partial charge in [-0.15, -0.1) is 11.8 Å². The zero-order valence-electron chi connectivity index (χ0n) is 10.3. The van der Waals surface area contributed by atoms with Crippen molar-refractivity contribution in [2.75, 3.05) is 19.0 Å². The maximum absolute atomic E-state index is 13.7. The second kappa shape index (κ2) is 7.56. The van der Waals surface area contributed by atoms with Crippen molar-refractivity contribution >= 4 is 5.69 Å². The van der Waals surface area contributed by atoms with Gasteiger partial charge >= 0.3 is 0 Å². The van der Waals surface area contributed by atoms with Gasteiger partial charge in [-0.1, -0.05) is 6.07 Å². The minimum absolute atomic E-state index is 0.304. The highest BCUT2D eigenvalue weighted by Crippen LogP contribution is 2.24. The standard InChI is InChI=1S/C14H18FNO/c1-3-4-5-6-7-11-17-13-10-8-9-12(16-2)14(13)15/h8-10,16H,5-7,11H2,1-2H3. The first-order valence-corrected chi connectivity index (χ1v) is 5.78. The molecule has 2 nitrogen and oxygen atoms in total. The lowest BCUT2D eigenvalue weighted by Gasteiger charge is -2.09. The molecule has 1 aromatic carbocycles. The van der Waals surface area contributed by atoms with Gasteiger partial charge in [-0.2, -0.15) is 0 Å². The molecule has 1 aromatic rings. The highest BCUT2D eigenvalue weighted by atomic mass is 19.1. The Balaban J connectivity index is 2.38. The van der Waals surface area contributed by atoms with Crippen LogP contribution in [0.15, 0.2) is 18.2 Å². The van der Waals surface area contributed by atoms with Crippen molar-refractivity contribution in [3.8, 4) is 17.6 Å². The van der Waals surface area contributed by atoms with Crippen LogP contribution in [0, 0.1) is 17.7 Å². The van der Waals surface area contributed by atoms with E-state index < -0.39 is 0 Å². The Bertz CT molecular complexity index is 406. The number of rotatable bonds is 6. The number of anilines is 1. The zero-order valence-corrected chi connectivity index (χ0v) is 10.3. The van der Waals surface area contributed by atoms with E-state index in [9.17, 15) is 4.39 Å². The molecule has 0 radical (unpaired) electrons. The van der Waals surface area contributed by atoms with Crippen LogP contribution in [0.1, 0.15) is 26.2 Å². The zero-order chi connectivity index (χ0) is 12.5. The lowest BCUT2D eigenvalue weighted by atomic mass is 10.2. The van der Waals surface area contributed by atoms with Crippen LogP contribution in [0.3, 0.4) is 0 Å². The number of ether oxygens (including phenoxy) is 1. The summed E-state index contributed by atoms with van der Waals surface area (Å²) in [6.07, 6.45) is 2.74. The molecule has 0 spiro atoms. The fraction of sp³-hybridized carbons (Fsp3) is 0.429. The second-order valence-electron chi connectivity index (χ2n) is 3.60. The molecule has 0 saturated heterocycles. The summed E-state index contributed by atoms with van der Waals surface area (Å²) in [5, 5.41) is 2.78. The molecule has 0 aliphatic heterocycles. The molecule has 0 heterocycles. The minimum Gasteiger partial charge on any atom is -0.490 e. The summed E-state index contributed by atoms with van der Waals surface area (Å²) >= 11 is 0. The van der Waals surface area contributed by atoms with Gasteiger partial charge in [0, 0.05) is 13.5 Å². The Labute approximate surface area is 102 Å². The van der Waals surface area contributed by atoms with E-state index >= 15 is 0 Å². The predicted octanol–water partition coefficient (Wildman–Crippen LogP) is 3.44. The average molecular weight is 235 g/mol. The number of unbranched alkanes of at least 4 members (excludes halogenated alkanes) is 2.